The van der Waals surface area contributed by atoms with Crippen molar-refractivity contribution in [2.24, 2.45) is 0 Å². The molecule has 0 amide bonds. The molecule has 2 aromatic carbocycles. The molecule has 0 radical (unpaired) electrons. The number of para-hydroxylation sites is 1. The van der Waals surface area contributed by atoms with E-state index < -0.39 is 0 Å². The van der Waals surface area contributed by atoms with Gasteiger partial charge in [0.2, 0.25) is 0 Å². The van der Waals surface area contributed by atoms with E-state index in [1.54, 1.807) is 12.4 Å². The quantitative estimate of drug-likeness (QED) is 0.514. The first-order valence-corrected chi connectivity index (χ1v) is 8.71. The number of pyridine rings is 1. The summed E-state index contributed by atoms with van der Waals surface area (Å²) in [6.07, 6.45) is 3.53. The van der Waals surface area contributed by atoms with E-state index in [2.05, 4.69) is 16.0 Å². The number of aromatic nitrogens is 3. The van der Waals surface area contributed by atoms with Crippen molar-refractivity contribution in [3.05, 3.63) is 83.6 Å². The zero-order valence-corrected chi connectivity index (χ0v) is 15.1. The highest BCUT2D eigenvalue weighted by Crippen LogP contribution is 2.27. The Morgan fingerprint density at radius 2 is 1.73 bits per heavy atom. The summed E-state index contributed by atoms with van der Waals surface area (Å²) < 4.78 is 0. The van der Waals surface area contributed by atoms with E-state index in [-0.39, 0.29) is 0 Å². The first-order chi connectivity index (χ1) is 12.7. The van der Waals surface area contributed by atoms with Crippen LogP contribution in [0.1, 0.15) is 5.56 Å². The SMILES string of the molecule is CN(Cc1ccc(Cl)cc1)c1nc(-c2cccnc2)nc2ccccc12. The molecule has 2 aromatic heterocycles. The Kier molecular flexibility index (Phi) is 4.50. The standard InChI is InChI=1S/C21H17ClN4/c1-26(14-15-8-10-17(22)11-9-15)21-18-6-2-3-7-19(18)24-20(25-21)16-5-4-12-23-13-16/h2-13H,14H2,1H3. The van der Waals surface area contributed by atoms with Gasteiger partial charge in [0.1, 0.15) is 5.82 Å². The van der Waals surface area contributed by atoms with Crippen LogP contribution in [0.25, 0.3) is 22.3 Å². The Labute approximate surface area is 157 Å². The molecule has 5 heteroatoms. The summed E-state index contributed by atoms with van der Waals surface area (Å²) in [6, 6.07) is 19.8. The summed E-state index contributed by atoms with van der Waals surface area (Å²) in [6.45, 7) is 0.727. The van der Waals surface area contributed by atoms with Gasteiger partial charge in [0, 0.05) is 42.0 Å². The van der Waals surface area contributed by atoms with Crippen LogP contribution >= 0.6 is 11.6 Å². The molecule has 0 aliphatic heterocycles. The first-order valence-electron chi connectivity index (χ1n) is 8.33. The number of hydrogen-bond donors (Lipinski definition) is 0. The van der Waals surface area contributed by atoms with Crippen LogP contribution in [0, 0.1) is 0 Å². The van der Waals surface area contributed by atoms with Gasteiger partial charge in [-0.15, -0.1) is 0 Å². The number of anilines is 1. The van der Waals surface area contributed by atoms with E-state index in [1.807, 2.05) is 61.6 Å². The molecule has 0 bridgehead atoms. The summed E-state index contributed by atoms with van der Waals surface area (Å²) in [5, 5.41) is 1.76. The van der Waals surface area contributed by atoms with Gasteiger partial charge in [-0.1, -0.05) is 35.9 Å². The van der Waals surface area contributed by atoms with E-state index >= 15 is 0 Å². The van der Waals surface area contributed by atoms with Crippen molar-refractivity contribution in [1.29, 1.82) is 0 Å². The maximum atomic E-state index is 5.99. The number of halogens is 1. The van der Waals surface area contributed by atoms with Crippen LogP contribution in [0.15, 0.2) is 73.1 Å². The molecule has 2 heterocycles. The number of fused-ring (bicyclic) bond motifs is 1. The Morgan fingerprint density at radius 3 is 2.50 bits per heavy atom. The molecular formula is C21H17ClN4. The molecule has 26 heavy (non-hydrogen) atoms. The smallest absolute Gasteiger partial charge is 0.163 e. The molecule has 0 aliphatic carbocycles. The minimum absolute atomic E-state index is 0.676. The Morgan fingerprint density at radius 1 is 0.923 bits per heavy atom. The summed E-state index contributed by atoms with van der Waals surface area (Å²) in [7, 11) is 2.04. The predicted molar refractivity (Wildman–Crippen MR) is 106 cm³/mol. The van der Waals surface area contributed by atoms with Gasteiger partial charge in [-0.05, 0) is 42.0 Å². The van der Waals surface area contributed by atoms with Gasteiger partial charge in [0.05, 0.1) is 5.52 Å². The number of hydrogen-bond acceptors (Lipinski definition) is 4. The van der Waals surface area contributed by atoms with E-state index in [1.165, 1.54) is 5.56 Å². The fourth-order valence-corrected chi connectivity index (χ4v) is 3.04. The summed E-state index contributed by atoms with van der Waals surface area (Å²) >= 11 is 5.99. The Hall–Kier alpha value is -2.98. The maximum absolute atomic E-state index is 5.99. The molecule has 128 valence electrons. The van der Waals surface area contributed by atoms with Crippen LogP contribution in [0.3, 0.4) is 0 Å². The van der Waals surface area contributed by atoms with Crippen molar-refractivity contribution in [2.45, 2.75) is 6.54 Å². The molecule has 0 saturated heterocycles. The van der Waals surface area contributed by atoms with Crippen molar-refractivity contribution >= 4 is 28.3 Å². The van der Waals surface area contributed by atoms with Crippen LogP contribution < -0.4 is 4.90 Å². The highest BCUT2D eigenvalue weighted by atomic mass is 35.5. The van der Waals surface area contributed by atoms with E-state index in [9.17, 15) is 0 Å². The lowest BCUT2D eigenvalue weighted by molar-refractivity contribution is 0.901. The van der Waals surface area contributed by atoms with Crippen LogP contribution in [0.2, 0.25) is 5.02 Å². The number of nitrogens with zero attached hydrogens (tertiary/aromatic N) is 4. The molecule has 0 unspecified atom stereocenters. The fourth-order valence-electron chi connectivity index (χ4n) is 2.91. The average Bonchev–Trinajstić information content (AvgIpc) is 2.69. The first kappa shape index (κ1) is 16.5. The van der Waals surface area contributed by atoms with E-state index in [0.29, 0.717) is 5.82 Å². The molecule has 4 nitrogen and oxygen atoms in total. The van der Waals surface area contributed by atoms with Crippen molar-refractivity contribution in [1.82, 2.24) is 15.0 Å². The largest absolute Gasteiger partial charge is 0.355 e. The summed E-state index contributed by atoms with van der Waals surface area (Å²) in [5.41, 5.74) is 2.99. The number of rotatable bonds is 4. The highest BCUT2D eigenvalue weighted by Gasteiger charge is 2.13. The number of benzene rings is 2. The molecule has 0 atom stereocenters. The molecule has 0 spiro atoms. The highest BCUT2D eigenvalue weighted by molar-refractivity contribution is 6.30. The van der Waals surface area contributed by atoms with Crippen LogP contribution in [0.4, 0.5) is 5.82 Å². The van der Waals surface area contributed by atoms with E-state index in [0.717, 1.165) is 33.9 Å². The molecule has 4 rings (SSSR count). The zero-order chi connectivity index (χ0) is 17.9. The summed E-state index contributed by atoms with van der Waals surface area (Å²) in [5.74, 6) is 1.57. The minimum atomic E-state index is 0.676. The predicted octanol–water partition coefficient (Wildman–Crippen LogP) is 4.98. The van der Waals surface area contributed by atoms with Crippen molar-refractivity contribution in [2.75, 3.05) is 11.9 Å². The molecule has 0 N–H and O–H groups in total. The van der Waals surface area contributed by atoms with Crippen molar-refractivity contribution < 1.29 is 0 Å². The van der Waals surface area contributed by atoms with Gasteiger partial charge >= 0.3 is 0 Å². The van der Waals surface area contributed by atoms with Crippen LogP contribution in [-0.4, -0.2) is 22.0 Å². The fraction of sp³-hybridized carbons (Fsp3) is 0.0952. The van der Waals surface area contributed by atoms with E-state index in [4.69, 9.17) is 21.6 Å². The topological polar surface area (TPSA) is 41.9 Å². The van der Waals surface area contributed by atoms with Gasteiger partial charge < -0.3 is 4.90 Å². The van der Waals surface area contributed by atoms with Gasteiger partial charge in [-0.25, -0.2) is 9.97 Å². The molecular weight excluding hydrogens is 344 g/mol. The van der Waals surface area contributed by atoms with Gasteiger partial charge in [-0.2, -0.15) is 0 Å². The third kappa shape index (κ3) is 3.37. The van der Waals surface area contributed by atoms with Crippen LogP contribution in [0.5, 0.6) is 0 Å². The van der Waals surface area contributed by atoms with Gasteiger partial charge in [0.25, 0.3) is 0 Å². The maximum Gasteiger partial charge on any atom is 0.163 e. The minimum Gasteiger partial charge on any atom is -0.355 e. The summed E-state index contributed by atoms with van der Waals surface area (Å²) in [4.78, 5) is 15.9. The second-order valence-electron chi connectivity index (χ2n) is 6.11. The normalized spacial score (nSPS) is 10.8. The third-order valence-electron chi connectivity index (χ3n) is 4.20. The zero-order valence-electron chi connectivity index (χ0n) is 14.3. The molecule has 0 aliphatic rings. The van der Waals surface area contributed by atoms with Gasteiger partial charge in [0.15, 0.2) is 5.82 Å². The third-order valence-corrected chi connectivity index (χ3v) is 4.45. The van der Waals surface area contributed by atoms with Crippen molar-refractivity contribution in [3.8, 4) is 11.4 Å². The Balaban J connectivity index is 1.78. The molecule has 0 saturated carbocycles. The lowest BCUT2D eigenvalue weighted by Crippen LogP contribution is -2.18. The van der Waals surface area contributed by atoms with Crippen molar-refractivity contribution in [3.63, 3.8) is 0 Å². The second-order valence-corrected chi connectivity index (χ2v) is 6.55. The lowest BCUT2D eigenvalue weighted by atomic mass is 10.1. The monoisotopic (exact) mass is 360 g/mol. The van der Waals surface area contributed by atoms with Crippen LogP contribution in [-0.2, 0) is 6.54 Å². The Bertz CT molecular complexity index is 1030. The lowest BCUT2D eigenvalue weighted by Gasteiger charge is -2.21. The van der Waals surface area contributed by atoms with Gasteiger partial charge in [-0.3, -0.25) is 4.98 Å². The molecule has 4 aromatic rings. The average molecular weight is 361 g/mol. The molecule has 0 fully saturated rings. The second kappa shape index (κ2) is 7.10.